The standard InChI is InChI=1S/C10H4ClN2OS/c11-8-6-3-1-2-4-7(6)15-9(8)10-13-12-5-14-10/h1-4H. The quantitative estimate of drug-likeness (QED) is 0.649. The van der Waals surface area contributed by atoms with Crippen molar-refractivity contribution in [3.8, 4) is 10.8 Å². The molecule has 2 aromatic heterocycles. The molecule has 0 bridgehead atoms. The third-order valence-electron chi connectivity index (χ3n) is 2.05. The van der Waals surface area contributed by atoms with Crippen LogP contribution in [0.15, 0.2) is 28.7 Å². The molecule has 0 amide bonds. The number of aromatic nitrogens is 2. The summed E-state index contributed by atoms with van der Waals surface area (Å²) < 4.78 is 6.12. The van der Waals surface area contributed by atoms with Crippen molar-refractivity contribution in [1.29, 1.82) is 0 Å². The van der Waals surface area contributed by atoms with E-state index in [4.69, 9.17) is 16.0 Å². The fraction of sp³-hybridized carbons (Fsp3) is 0. The Morgan fingerprint density at radius 2 is 2.20 bits per heavy atom. The average molecular weight is 236 g/mol. The number of hydrogen-bond acceptors (Lipinski definition) is 4. The number of rotatable bonds is 1. The minimum Gasteiger partial charge on any atom is -0.411 e. The van der Waals surface area contributed by atoms with Gasteiger partial charge >= 0.3 is 6.39 Å². The van der Waals surface area contributed by atoms with E-state index >= 15 is 0 Å². The third-order valence-corrected chi connectivity index (χ3v) is 3.72. The van der Waals surface area contributed by atoms with E-state index in [9.17, 15) is 0 Å². The van der Waals surface area contributed by atoms with Crippen LogP contribution in [0.5, 0.6) is 0 Å². The van der Waals surface area contributed by atoms with E-state index in [0.717, 1.165) is 15.0 Å². The summed E-state index contributed by atoms with van der Waals surface area (Å²) in [6.45, 7) is 0. The van der Waals surface area contributed by atoms with Crippen LogP contribution < -0.4 is 0 Å². The highest BCUT2D eigenvalue weighted by atomic mass is 35.5. The van der Waals surface area contributed by atoms with Crippen LogP contribution >= 0.6 is 22.9 Å². The van der Waals surface area contributed by atoms with Gasteiger partial charge in [-0.3, -0.25) is 0 Å². The van der Waals surface area contributed by atoms with Gasteiger partial charge in [-0.1, -0.05) is 29.8 Å². The Bertz CT molecular complexity index is 603. The smallest absolute Gasteiger partial charge is 0.306 e. The van der Waals surface area contributed by atoms with Crippen LogP contribution in [-0.4, -0.2) is 10.2 Å². The number of halogens is 1. The predicted molar refractivity (Wildman–Crippen MR) is 59.0 cm³/mol. The Morgan fingerprint density at radius 3 is 2.93 bits per heavy atom. The lowest BCUT2D eigenvalue weighted by molar-refractivity contribution is 0.560. The molecule has 0 N–H and O–H groups in total. The summed E-state index contributed by atoms with van der Waals surface area (Å²) in [5.74, 6) is 0.418. The largest absolute Gasteiger partial charge is 0.411 e. The van der Waals surface area contributed by atoms with Crippen molar-refractivity contribution >= 4 is 33.0 Å². The van der Waals surface area contributed by atoms with Gasteiger partial charge in [-0.15, -0.1) is 21.5 Å². The highest BCUT2D eigenvalue weighted by molar-refractivity contribution is 7.23. The van der Waals surface area contributed by atoms with Gasteiger partial charge in [-0.2, -0.15) is 0 Å². The summed E-state index contributed by atoms with van der Waals surface area (Å²) in [5.41, 5.74) is 0. The minimum absolute atomic E-state index is 0.418. The van der Waals surface area contributed by atoms with Crippen molar-refractivity contribution in [2.75, 3.05) is 0 Å². The molecule has 0 unspecified atom stereocenters. The molecule has 5 heteroatoms. The van der Waals surface area contributed by atoms with Crippen LogP contribution in [0.2, 0.25) is 5.02 Å². The summed E-state index contributed by atoms with van der Waals surface area (Å²) in [4.78, 5) is 0.798. The lowest BCUT2D eigenvalue weighted by Crippen LogP contribution is -1.72. The van der Waals surface area contributed by atoms with Gasteiger partial charge in [0.15, 0.2) is 0 Å². The van der Waals surface area contributed by atoms with Crippen molar-refractivity contribution < 1.29 is 4.42 Å². The van der Waals surface area contributed by atoms with E-state index in [1.807, 2.05) is 24.3 Å². The van der Waals surface area contributed by atoms with Gasteiger partial charge < -0.3 is 4.42 Å². The molecule has 0 aliphatic rings. The molecule has 2 heterocycles. The van der Waals surface area contributed by atoms with Gasteiger partial charge in [0.25, 0.3) is 5.89 Å². The third kappa shape index (κ3) is 1.33. The average Bonchev–Trinajstić information content (AvgIpc) is 2.87. The molecule has 0 aliphatic carbocycles. The number of nitrogens with zero attached hydrogens (tertiary/aromatic N) is 2. The number of fused-ring (bicyclic) bond motifs is 1. The predicted octanol–water partition coefficient (Wildman–Crippen LogP) is 3.40. The molecule has 3 rings (SSSR count). The van der Waals surface area contributed by atoms with Crippen LogP contribution in [0.1, 0.15) is 0 Å². The molecule has 0 fully saturated rings. The van der Waals surface area contributed by atoms with Gasteiger partial charge in [0.05, 0.1) is 5.02 Å². The van der Waals surface area contributed by atoms with E-state index in [0.29, 0.717) is 10.9 Å². The van der Waals surface area contributed by atoms with Crippen molar-refractivity contribution in [2.24, 2.45) is 0 Å². The van der Waals surface area contributed by atoms with Crippen LogP contribution in [0.25, 0.3) is 20.9 Å². The van der Waals surface area contributed by atoms with E-state index in [1.165, 1.54) is 11.3 Å². The maximum absolute atomic E-state index is 6.22. The lowest BCUT2D eigenvalue weighted by Gasteiger charge is -1.88. The van der Waals surface area contributed by atoms with E-state index in [2.05, 4.69) is 16.6 Å². The van der Waals surface area contributed by atoms with Crippen molar-refractivity contribution in [2.45, 2.75) is 0 Å². The SMILES string of the molecule is Clc1c(-c2nn[c]o2)sc2ccccc12. The van der Waals surface area contributed by atoms with E-state index in [-0.39, 0.29) is 0 Å². The first kappa shape index (κ1) is 8.88. The molecule has 0 aliphatic heterocycles. The Labute approximate surface area is 94.3 Å². The van der Waals surface area contributed by atoms with Crippen molar-refractivity contribution in [3.05, 3.63) is 35.7 Å². The van der Waals surface area contributed by atoms with E-state index in [1.54, 1.807) is 0 Å². The maximum atomic E-state index is 6.22. The zero-order chi connectivity index (χ0) is 10.3. The second-order valence-electron chi connectivity index (χ2n) is 2.94. The molecule has 0 saturated carbocycles. The van der Waals surface area contributed by atoms with Gasteiger partial charge in [0.1, 0.15) is 4.88 Å². The highest BCUT2D eigenvalue weighted by Gasteiger charge is 2.15. The molecule has 0 atom stereocenters. The number of thiophene rings is 1. The Kier molecular flexibility index (Phi) is 1.97. The van der Waals surface area contributed by atoms with Gasteiger partial charge in [0.2, 0.25) is 0 Å². The topological polar surface area (TPSA) is 38.9 Å². The zero-order valence-electron chi connectivity index (χ0n) is 7.40. The highest BCUT2D eigenvalue weighted by Crippen LogP contribution is 2.40. The van der Waals surface area contributed by atoms with Gasteiger partial charge in [-0.25, -0.2) is 0 Å². The van der Waals surface area contributed by atoms with E-state index < -0.39 is 0 Å². The normalized spacial score (nSPS) is 11.0. The van der Waals surface area contributed by atoms with Crippen LogP contribution in [0.3, 0.4) is 0 Å². The molecular formula is C10H4ClN2OS. The summed E-state index contributed by atoms with van der Waals surface area (Å²) >= 11 is 7.75. The monoisotopic (exact) mass is 235 g/mol. The van der Waals surface area contributed by atoms with Gasteiger partial charge in [-0.05, 0) is 6.07 Å². The molecule has 3 aromatic rings. The molecule has 3 nitrogen and oxygen atoms in total. The van der Waals surface area contributed by atoms with Crippen molar-refractivity contribution in [3.63, 3.8) is 0 Å². The fourth-order valence-corrected chi connectivity index (χ4v) is 2.83. The summed E-state index contributed by atoms with van der Waals surface area (Å²) in [6.07, 6.45) is 2.31. The Balaban J connectivity index is 2.33. The molecule has 73 valence electrons. The lowest BCUT2D eigenvalue weighted by atomic mass is 10.2. The second-order valence-corrected chi connectivity index (χ2v) is 4.37. The number of benzene rings is 1. The van der Waals surface area contributed by atoms with Gasteiger partial charge in [0, 0.05) is 10.1 Å². The molecule has 15 heavy (non-hydrogen) atoms. The Morgan fingerprint density at radius 1 is 1.33 bits per heavy atom. The molecule has 0 spiro atoms. The first-order chi connectivity index (χ1) is 7.36. The van der Waals surface area contributed by atoms with Crippen LogP contribution in [0, 0.1) is 6.39 Å². The summed E-state index contributed by atoms with van der Waals surface area (Å²) in [5, 5.41) is 8.98. The second kappa shape index (κ2) is 3.32. The Hall–Kier alpha value is -1.39. The maximum Gasteiger partial charge on any atom is 0.306 e. The van der Waals surface area contributed by atoms with Crippen LogP contribution in [0.4, 0.5) is 0 Å². The summed E-state index contributed by atoms with van der Waals surface area (Å²) in [7, 11) is 0. The minimum atomic E-state index is 0.418. The van der Waals surface area contributed by atoms with Crippen LogP contribution in [-0.2, 0) is 0 Å². The number of hydrogen-bond donors (Lipinski definition) is 0. The molecular weight excluding hydrogens is 232 g/mol. The van der Waals surface area contributed by atoms with Crippen molar-refractivity contribution in [1.82, 2.24) is 10.2 Å². The first-order valence-electron chi connectivity index (χ1n) is 4.23. The first-order valence-corrected chi connectivity index (χ1v) is 5.42. The fourth-order valence-electron chi connectivity index (χ4n) is 1.39. The molecule has 0 saturated heterocycles. The molecule has 1 aromatic carbocycles. The molecule has 1 radical (unpaired) electrons. The zero-order valence-corrected chi connectivity index (χ0v) is 8.97. The summed E-state index contributed by atoms with van der Waals surface area (Å²) in [6, 6.07) is 7.90.